The Balaban J connectivity index is 1.47. The second-order valence-electron chi connectivity index (χ2n) is 6.69. The molecule has 2 fully saturated rings. The van der Waals surface area contributed by atoms with E-state index in [4.69, 9.17) is 0 Å². The van der Waals surface area contributed by atoms with Crippen LogP contribution in [0, 0.1) is 17.8 Å². The van der Waals surface area contributed by atoms with Crippen molar-refractivity contribution in [3.05, 3.63) is 24.0 Å². The number of aldehydes is 1. The summed E-state index contributed by atoms with van der Waals surface area (Å²) in [6.45, 7) is 2.71. The van der Waals surface area contributed by atoms with Crippen molar-refractivity contribution in [2.75, 3.05) is 0 Å². The van der Waals surface area contributed by atoms with Gasteiger partial charge in [0.2, 0.25) is 5.91 Å². The van der Waals surface area contributed by atoms with Crippen molar-refractivity contribution in [1.82, 2.24) is 9.88 Å². The van der Waals surface area contributed by atoms with E-state index < -0.39 is 0 Å². The van der Waals surface area contributed by atoms with Crippen LogP contribution in [0.15, 0.2) is 18.3 Å². The number of aromatic nitrogens is 1. The molecular formula is C17H24N2O2. The lowest BCUT2D eigenvalue weighted by Gasteiger charge is -2.28. The number of hydrogen-bond acceptors (Lipinski definition) is 2. The maximum Gasteiger partial charge on any atom is 0.222 e. The lowest BCUT2D eigenvalue weighted by molar-refractivity contribution is -0.122. The van der Waals surface area contributed by atoms with Gasteiger partial charge in [0.1, 0.15) is 0 Å². The highest BCUT2D eigenvalue weighted by atomic mass is 16.1. The zero-order chi connectivity index (χ0) is 14.8. The third kappa shape index (κ3) is 3.04. The molecule has 2 aliphatic rings. The molecule has 0 aliphatic heterocycles. The summed E-state index contributed by atoms with van der Waals surface area (Å²) in [7, 11) is 0. The third-order valence-electron chi connectivity index (χ3n) is 5.39. The van der Waals surface area contributed by atoms with Crippen LogP contribution in [0.2, 0.25) is 0 Å². The first kappa shape index (κ1) is 14.4. The van der Waals surface area contributed by atoms with Gasteiger partial charge in [-0.3, -0.25) is 9.59 Å². The maximum absolute atomic E-state index is 12.1. The Labute approximate surface area is 125 Å². The van der Waals surface area contributed by atoms with Crippen LogP contribution >= 0.6 is 0 Å². The van der Waals surface area contributed by atoms with E-state index in [0.717, 1.165) is 18.1 Å². The fourth-order valence-electron chi connectivity index (χ4n) is 4.30. The quantitative estimate of drug-likeness (QED) is 0.818. The lowest BCUT2D eigenvalue weighted by Crippen LogP contribution is -2.40. The van der Waals surface area contributed by atoms with E-state index in [0.29, 0.717) is 24.6 Å². The Morgan fingerprint density at radius 2 is 2.33 bits per heavy atom. The molecule has 1 heterocycles. The SMILES string of the molecule is CC(NC(=O)CCn1cccc1C=O)C1CC2CCC1C2. The van der Waals surface area contributed by atoms with Gasteiger partial charge in [-0.25, -0.2) is 0 Å². The van der Waals surface area contributed by atoms with Gasteiger partial charge < -0.3 is 9.88 Å². The second-order valence-corrected chi connectivity index (χ2v) is 6.69. The number of carbonyl (C=O) groups excluding carboxylic acids is 2. The number of fused-ring (bicyclic) bond motifs is 2. The number of nitrogens with one attached hydrogen (secondary N) is 1. The Morgan fingerprint density at radius 3 is 3.00 bits per heavy atom. The smallest absolute Gasteiger partial charge is 0.222 e. The zero-order valence-corrected chi connectivity index (χ0v) is 12.6. The van der Waals surface area contributed by atoms with Crippen LogP contribution in [-0.4, -0.2) is 22.8 Å². The highest BCUT2D eigenvalue weighted by Crippen LogP contribution is 2.49. The average Bonchev–Trinajstić information content (AvgIpc) is 3.20. The molecular weight excluding hydrogens is 264 g/mol. The largest absolute Gasteiger partial charge is 0.353 e. The maximum atomic E-state index is 12.1. The summed E-state index contributed by atoms with van der Waals surface area (Å²) < 4.78 is 1.83. The molecule has 2 bridgehead atoms. The molecule has 0 aromatic carbocycles. The predicted octanol–water partition coefficient (Wildman–Crippen LogP) is 2.63. The van der Waals surface area contributed by atoms with Crippen molar-refractivity contribution in [3.8, 4) is 0 Å². The molecule has 2 aliphatic carbocycles. The highest BCUT2D eigenvalue weighted by Gasteiger charge is 2.42. The minimum Gasteiger partial charge on any atom is -0.353 e. The Bertz CT molecular complexity index is 523. The van der Waals surface area contributed by atoms with E-state index in [1.165, 1.54) is 25.7 Å². The van der Waals surface area contributed by atoms with Crippen LogP contribution in [0.25, 0.3) is 0 Å². The van der Waals surface area contributed by atoms with E-state index in [9.17, 15) is 9.59 Å². The normalized spacial score (nSPS) is 28.5. The summed E-state index contributed by atoms with van der Waals surface area (Å²) in [5.41, 5.74) is 0.629. The van der Waals surface area contributed by atoms with E-state index in [2.05, 4.69) is 12.2 Å². The van der Waals surface area contributed by atoms with Crippen LogP contribution in [0.1, 0.15) is 49.5 Å². The first-order valence-corrected chi connectivity index (χ1v) is 8.07. The Kier molecular flexibility index (Phi) is 4.13. The summed E-state index contributed by atoms with van der Waals surface area (Å²) >= 11 is 0. The molecule has 0 spiro atoms. The van der Waals surface area contributed by atoms with E-state index >= 15 is 0 Å². The van der Waals surface area contributed by atoms with Crippen molar-refractivity contribution in [1.29, 1.82) is 0 Å². The van der Waals surface area contributed by atoms with Gasteiger partial charge in [-0.05, 0) is 56.1 Å². The molecule has 1 aromatic rings. The molecule has 2 saturated carbocycles. The predicted molar refractivity (Wildman–Crippen MR) is 81.0 cm³/mol. The molecule has 3 rings (SSSR count). The number of amides is 1. The number of rotatable bonds is 6. The average molecular weight is 288 g/mol. The first-order valence-electron chi connectivity index (χ1n) is 8.07. The fraction of sp³-hybridized carbons (Fsp3) is 0.647. The van der Waals surface area contributed by atoms with Crippen molar-refractivity contribution in [3.63, 3.8) is 0 Å². The van der Waals surface area contributed by atoms with Gasteiger partial charge in [0.15, 0.2) is 6.29 Å². The van der Waals surface area contributed by atoms with Crippen molar-refractivity contribution < 1.29 is 9.59 Å². The van der Waals surface area contributed by atoms with Crippen LogP contribution < -0.4 is 5.32 Å². The molecule has 4 atom stereocenters. The summed E-state index contributed by atoms with van der Waals surface area (Å²) in [5, 5.41) is 3.17. The second kappa shape index (κ2) is 6.04. The van der Waals surface area contributed by atoms with E-state index in [-0.39, 0.29) is 11.9 Å². The van der Waals surface area contributed by atoms with Crippen molar-refractivity contribution >= 4 is 12.2 Å². The summed E-state index contributed by atoms with van der Waals surface area (Å²) in [6.07, 6.45) is 8.51. The minimum atomic E-state index is 0.0934. The van der Waals surface area contributed by atoms with Crippen LogP contribution in [0.4, 0.5) is 0 Å². The van der Waals surface area contributed by atoms with Gasteiger partial charge in [0.25, 0.3) is 0 Å². The monoisotopic (exact) mass is 288 g/mol. The Morgan fingerprint density at radius 1 is 1.48 bits per heavy atom. The van der Waals surface area contributed by atoms with Crippen molar-refractivity contribution in [2.24, 2.45) is 17.8 Å². The molecule has 0 saturated heterocycles. The topological polar surface area (TPSA) is 51.1 Å². The molecule has 0 radical (unpaired) electrons. The lowest BCUT2D eigenvalue weighted by atomic mass is 9.84. The van der Waals surface area contributed by atoms with E-state index in [1.807, 2.05) is 16.8 Å². The van der Waals surface area contributed by atoms with Gasteiger partial charge >= 0.3 is 0 Å². The molecule has 1 amide bonds. The van der Waals surface area contributed by atoms with Gasteiger partial charge in [-0.2, -0.15) is 0 Å². The van der Waals surface area contributed by atoms with Crippen LogP contribution in [0.5, 0.6) is 0 Å². The number of carbonyl (C=O) groups is 2. The van der Waals surface area contributed by atoms with Gasteiger partial charge in [-0.1, -0.05) is 6.42 Å². The highest BCUT2D eigenvalue weighted by molar-refractivity contribution is 5.76. The first-order chi connectivity index (χ1) is 10.2. The summed E-state index contributed by atoms with van der Waals surface area (Å²) in [4.78, 5) is 22.9. The molecule has 1 aromatic heterocycles. The molecule has 4 heteroatoms. The number of nitrogens with zero attached hydrogens (tertiary/aromatic N) is 1. The fourth-order valence-corrected chi connectivity index (χ4v) is 4.30. The van der Waals surface area contributed by atoms with Gasteiger partial charge in [0.05, 0.1) is 5.69 Å². The standard InChI is InChI=1S/C17H24N2O2/c1-12(16-10-13-4-5-14(16)9-13)18-17(21)6-8-19-7-2-3-15(19)11-20/h2-3,7,11-14,16H,4-6,8-10H2,1H3,(H,18,21). The molecule has 1 N–H and O–H groups in total. The van der Waals surface area contributed by atoms with Crippen molar-refractivity contribution in [2.45, 2.75) is 51.6 Å². The summed E-state index contributed by atoms with van der Waals surface area (Å²) in [5.74, 6) is 2.51. The van der Waals surface area contributed by atoms with Gasteiger partial charge in [0, 0.05) is 25.2 Å². The summed E-state index contributed by atoms with van der Waals surface area (Å²) in [6, 6.07) is 3.88. The number of aryl methyl sites for hydroxylation is 1. The molecule has 4 unspecified atom stereocenters. The molecule has 114 valence electrons. The third-order valence-corrected chi connectivity index (χ3v) is 5.39. The molecule has 21 heavy (non-hydrogen) atoms. The Hall–Kier alpha value is -1.58. The zero-order valence-electron chi connectivity index (χ0n) is 12.6. The van der Waals surface area contributed by atoms with Crippen LogP contribution in [0.3, 0.4) is 0 Å². The number of hydrogen-bond donors (Lipinski definition) is 1. The van der Waals surface area contributed by atoms with Crippen LogP contribution in [-0.2, 0) is 11.3 Å². The van der Waals surface area contributed by atoms with Gasteiger partial charge in [-0.15, -0.1) is 0 Å². The minimum absolute atomic E-state index is 0.0934. The molecule has 4 nitrogen and oxygen atoms in total. The van der Waals surface area contributed by atoms with E-state index in [1.54, 1.807) is 6.07 Å².